The Morgan fingerprint density at radius 2 is 2.55 bits per heavy atom. The van der Waals surface area contributed by atoms with Crippen molar-refractivity contribution in [1.29, 1.82) is 0 Å². The van der Waals surface area contributed by atoms with Gasteiger partial charge in [-0.1, -0.05) is 15.9 Å². The van der Waals surface area contributed by atoms with Crippen molar-refractivity contribution in [2.45, 2.75) is 17.8 Å². The molecule has 2 nitrogen and oxygen atoms in total. The van der Waals surface area contributed by atoms with E-state index in [-0.39, 0.29) is 0 Å². The Balaban J connectivity index is 2.34. The molecular weight excluding hydrogens is 204 g/mol. The molecule has 1 unspecified atom stereocenters. The van der Waals surface area contributed by atoms with Gasteiger partial charge in [-0.05, 0) is 25.0 Å². The first kappa shape index (κ1) is 7.10. The fourth-order valence-electron chi connectivity index (χ4n) is 1.27. The average molecular weight is 213 g/mol. The molecule has 2 rings (SSSR count). The number of halogens is 1. The maximum absolute atomic E-state index is 4.27. The lowest BCUT2D eigenvalue weighted by Gasteiger charge is -2.21. The van der Waals surface area contributed by atoms with Crippen LogP contribution in [0.3, 0.4) is 0 Å². The summed E-state index contributed by atoms with van der Waals surface area (Å²) in [5, 5.41) is 3.31. The van der Waals surface area contributed by atoms with Gasteiger partial charge in [-0.15, -0.1) is 0 Å². The van der Waals surface area contributed by atoms with E-state index in [2.05, 4.69) is 32.3 Å². The molecule has 0 aliphatic carbocycles. The van der Waals surface area contributed by atoms with E-state index >= 15 is 0 Å². The van der Waals surface area contributed by atoms with Gasteiger partial charge >= 0.3 is 0 Å². The Bertz CT molecular complexity index is 262. The highest BCUT2D eigenvalue weighted by atomic mass is 79.9. The third-order valence-corrected chi connectivity index (χ3v) is 2.52. The van der Waals surface area contributed by atoms with E-state index in [9.17, 15) is 0 Å². The Morgan fingerprint density at radius 1 is 1.64 bits per heavy atom. The zero-order chi connectivity index (χ0) is 7.68. The molecule has 0 spiro atoms. The second-order valence-corrected chi connectivity index (χ2v) is 3.75. The molecule has 0 saturated carbocycles. The van der Waals surface area contributed by atoms with E-state index in [0.29, 0.717) is 4.95 Å². The van der Waals surface area contributed by atoms with Crippen LogP contribution in [-0.2, 0) is 6.42 Å². The number of anilines is 1. The maximum Gasteiger partial charge on any atom is 0.0822 e. The molecule has 1 N–H and O–H groups in total. The Kier molecular flexibility index (Phi) is 1.82. The van der Waals surface area contributed by atoms with Gasteiger partial charge in [-0.2, -0.15) is 0 Å². The van der Waals surface area contributed by atoms with Crippen LogP contribution in [0, 0.1) is 0 Å². The summed E-state index contributed by atoms with van der Waals surface area (Å²) >= 11 is 3.52. The van der Waals surface area contributed by atoms with Gasteiger partial charge in [0.2, 0.25) is 0 Å². The number of rotatable bonds is 0. The zero-order valence-corrected chi connectivity index (χ0v) is 7.63. The maximum atomic E-state index is 4.27. The van der Waals surface area contributed by atoms with Crippen molar-refractivity contribution in [2.24, 2.45) is 0 Å². The Morgan fingerprint density at radius 3 is 3.45 bits per heavy atom. The first-order valence-corrected chi connectivity index (χ1v) is 4.62. The molecule has 11 heavy (non-hydrogen) atoms. The SMILES string of the molecule is BrC1CCc2ncccc2N1. The number of hydrogen-bond acceptors (Lipinski definition) is 2. The molecule has 1 aliphatic heterocycles. The molecule has 3 heteroatoms. The van der Waals surface area contributed by atoms with Crippen LogP contribution in [0.2, 0.25) is 0 Å². The molecule has 0 amide bonds. The number of alkyl halides is 1. The van der Waals surface area contributed by atoms with Gasteiger partial charge in [-0.3, -0.25) is 4.98 Å². The van der Waals surface area contributed by atoms with Gasteiger partial charge in [-0.25, -0.2) is 0 Å². The summed E-state index contributed by atoms with van der Waals surface area (Å²) in [6.45, 7) is 0. The van der Waals surface area contributed by atoms with Crippen LogP contribution < -0.4 is 5.32 Å². The summed E-state index contributed by atoms with van der Waals surface area (Å²) in [5.74, 6) is 0. The molecule has 0 bridgehead atoms. The van der Waals surface area contributed by atoms with E-state index in [1.165, 1.54) is 11.4 Å². The third-order valence-electron chi connectivity index (χ3n) is 1.84. The minimum Gasteiger partial charge on any atom is -0.371 e. The lowest BCUT2D eigenvalue weighted by atomic mass is 10.1. The summed E-state index contributed by atoms with van der Waals surface area (Å²) in [4.78, 5) is 4.69. The molecule has 1 aromatic heterocycles. The second kappa shape index (κ2) is 2.81. The highest BCUT2D eigenvalue weighted by Gasteiger charge is 2.14. The summed E-state index contributed by atoms with van der Waals surface area (Å²) in [6, 6.07) is 4.02. The van der Waals surface area contributed by atoms with Crippen LogP contribution in [0.15, 0.2) is 18.3 Å². The van der Waals surface area contributed by atoms with Crippen molar-refractivity contribution >= 4 is 21.6 Å². The van der Waals surface area contributed by atoms with E-state index in [1.807, 2.05) is 12.3 Å². The third kappa shape index (κ3) is 1.38. The summed E-state index contributed by atoms with van der Waals surface area (Å²) in [7, 11) is 0. The van der Waals surface area contributed by atoms with Crippen LogP contribution in [0.1, 0.15) is 12.1 Å². The fraction of sp³-hybridized carbons (Fsp3) is 0.375. The molecule has 0 fully saturated rings. The predicted octanol–water partition coefficient (Wildman–Crippen LogP) is 2.16. The van der Waals surface area contributed by atoms with Gasteiger partial charge in [0.25, 0.3) is 0 Å². The van der Waals surface area contributed by atoms with Crippen LogP contribution in [0.25, 0.3) is 0 Å². The van der Waals surface area contributed by atoms with E-state index < -0.39 is 0 Å². The average Bonchev–Trinajstić information content (AvgIpc) is 2.04. The van der Waals surface area contributed by atoms with Gasteiger partial charge in [0.1, 0.15) is 0 Å². The van der Waals surface area contributed by atoms with Crippen molar-refractivity contribution < 1.29 is 0 Å². The van der Waals surface area contributed by atoms with Crippen molar-refractivity contribution in [3.8, 4) is 0 Å². The predicted molar refractivity (Wildman–Crippen MR) is 48.9 cm³/mol. The minimum atomic E-state index is 0.416. The quantitative estimate of drug-likeness (QED) is 0.527. The van der Waals surface area contributed by atoms with E-state index in [4.69, 9.17) is 0 Å². The molecule has 0 aromatic carbocycles. The normalized spacial score (nSPS) is 22.1. The smallest absolute Gasteiger partial charge is 0.0822 e. The molecule has 58 valence electrons. The van der Waals surface area contributed by atoms with Crippen molar-refractivity contribution in [2.75, 3.05) is 5.32 Å². The van der Waals surface area contributed by atoms with Crippen LogP contribution in [-0.4, -0.2) is 9.94 Å². The van der Waals surface area contributed by atoms with Gasteiger partial charge in [0, 0.05) is 6.20 Å². The zero-order valence-electron chi connectivity index (χ0n) is 6.05. The molecule has 1 aliphatic rings. The molecular formula is C8H9BrN2. The number of nitrogens with one attached hydrogen (secondary N) is 1. The van der Waals surface area contributed by atoms with Gasteiger partial charge in [0.05, 0.1) is 16.3 Å². The fourth-order valence-corrected chi connectivity index (χ4v) is 1.75. The number of aromatic nitrogens is 1. The van der Waals surface area contributed by atoms with Crippen LogP contribution in [0.5, 0.6) is 0 Å². The second-order valence-electron chi connectivity index (χ2n) is 2.65. The molecule has 0 saturated heterocycles. The Labute approximate surface area is 74.2 Å². The molecule has 1 atom stereocenters. The number of fused-ring (bicyclic) bond motifs is 1. The van der Waals surface area contributed by atoms with Gasteiger partial charge in [0.15, 0.2) is 0 Å². The highest BCUT2D eigenvalue weighted by molar-refractivity contribution is 9.09. The lowest BCUT2D eigenvalue weighted by molar-refractivity contribution is 0.775. The van der Waals surface area contributed by atoms with E-state index in [1.54, 1.807) is 0 Å². The van der Waals surface area contributed by atoms with E-state index in [0.717, 1.165) is 12.8 Å². The monoisotopic (exact) mass is 212 g/mol. The minimum absolute atomic E-state index is 0.416. The number of aryl methyl sites for hydroxylation is 1. The lowest BCUT2D eigenvalue weighted by Crippen LogP contribution is -2.19. The molecule has 0 radical (unpaired) electrons. The Hall–Kier alpha value is -0.570. The summed E-state index contributed by atoms with van der Waals surface area (Å²) in [6.07, 6.45) is 4.03. The topological polar surface area (TPSA) is 24.9 Å². The number of hydrogen-bond donors (Lipinski definition) is 1. The van der Waals surface area contributed by atoms with Crippen molar-refractivity contribution in [3.63, 3.8) is 0 Å². The van der Waals surface area contributed by atoms with Crippen LogP contribution in [0.4, 0.5) is 5.69 Å². The van der Waals surface area contributed by atoms with Crippen LogP contribution >= 0.6 is 15.9 Å². The standard InChI is InChI=1S/C8H9BrN2/c9-8-4-3-6-7(11-8)2-1-5-10-6/h1-2,5,8,11H,3-4H2. The molecule has 2 heterocycles. The largest absolute Gasteiger partial charge is 0.371 e. The summed E-state index contributed by atoms with van der Waals surface area (Å²) < 4.78 is 0. The van der Waals surface area contributed by atoms with Gasteiger partial charge < -0.3 is 5.32 Å². The molecule has 1 aromatic rings. The number of pyridine rings is 1. The van der Waals surface area contributed by atoms with Crippen molar-refractivity contribution in [3.05, 3.63) is 24.0 Å². The van der Waals surface area contributed by atoms with Crippen molar-refractivity contribution in [1.82, 2.24) is 4.98 Å². The number of nitrogens with zero attached hydrogens (tertiary/aromatic N) is 1. The first-order chi connectivity index (χ1) is 5.36. The summed E-state index contributed by atoms with van der Waals surface area (Å²) in [5.41, 5.74) is 2.35. The highest BCUT2D eigenvalue weighted by Crippen LogP contribution is 2.24. The first-order valence-electron chi connectivity index (χ1n) is 3.71.